The summed E-state index contributed by atoms with van der Waals surface area (Å²) in [5, 5.41) is 0. The van der Waals surface area contributed by atoms with Crippen LogP contribution in [-0.4, -0.2) is 25.3 Å². The maximum absolute atomic E-state index is 13.4. The van der Waals surface area contributed by atoms with Crippen LogP contribution >= 0.6 is 0 Å². The van der Waals surface area contributed by atoms with Gasteiger partial charge in [-0.05, 0) is 86.8 Å². The van der Waals surface area contributed by atoms with Crippen molar-refractivity contribution in [2.24, 2.45) is 0 Å². The summed E-state index contributed by atoms with van der Waals surface area (Å²) < 4.78 is 46.6. The van der Waals surface area contributed by atoms with Crippen molar-refractivity contribution in [2.45, 2.75) is 43.7 Å². The van der Waals surface area contributed by atoms with Gasteiger partial charge in [-0.1, -0.05) is 0 Å². The van der Waals surface area contributed by atoms with Gasteiger partial charge in [0.2, 0.25) is 0 Å². The topological polar surface area (TPSA) is 79.6 Å². The number of carbonyl (C=O) groups is 1. The van der Waals surface area contributed by atoms with Crippen molar-refractivity contribution in [3.05, 3.63) is 83.6 Å². The monoisotopic (exact) mass is 442 g/mol. The van der Waals surface area contributed by atoms with Crippen LogP contribution in [-0.2, 0) is 10.0 Å². The van der Waals surface area contributed by atoms with Crippen LogP contribution in [0, 0.1) is 12.7 Å². The number of sulfonamides is 1. The molecule has 1 amide bonds. The molecular weight excluding hydrogens is 419 g/mol. The minimum Gasteiger partial charge on any atom is -0.467 e. The summed E-state index contributed by atoms with van der Waals surface area (Å²) in [5.41, 5.74) is 1.02. The molecule has 1 fully saturated rings. The van der Waals surface area contributed by atoms with Gasteiger partial charge >= 0.3 is 0 Å². The van der Waals surface area contributed by atoms with Crippen LogP contribution in [0.1, 0.15) is 47.5 Å². The number of furan rings is 1. The van der Waals surface area contributed by atoms with Crippen LogP contribution in [0.4, 0.5) is 10.1 Å². The highest BCUT2D eigenvalue weighted by Crippen LogP contribution is 2.36. The normalized spacial score (nSPS) is 14.8. The van der Waals surface area contributed by atoms with Gasteiger partial charge in [-0.3, -0.25) is 9.52 Å². The number of nitrogens with one attached hydrogen (secondary N) is 1. The highest BCUT2D eigenvalue weighted by Gasteiger charge is 2.37. The van der Waals surface area contributed by atoms with Gasteiger partial charge in [-0.15, -0.1) is 0 Å². The highest BCUT2D eigenvalue weighted by molar-refractivity contribution is 7.92. The maximum atomic E-state index is 13.4. The van der Waals surface area contributed by atoms with Crippen LogP contribution in [0.2, 0.25) is 0 Å². The quantitative estimate of drug-likeness (QED) is 0.565. The third-order valence-corrected chi connectivity index (χ3v) is 6.75. The van der Waals surface area contributed by atoms with E-state index in [0.29, 0.717) is 11.3 Å². The van der Waals surface area contributed by atoms with Crippen molar-refractivity contribution in [2.75, 3.05) is 4.72 Å². The van der Waals surface area contributed by atoms with Crippen LogP contribution < -0.4 is 4.72 Å². The molecule has 1 aliphatic rings. The number of hydrogen-bond donors (Lipinski definition) is 1. The minimum atomic E-state index is -3.87. The van der Waals surface area contributed by atoms with Crippen molar-refractivity contribution < 1.29 is 22.0 Å². The summed E-state index contributed by atoms with van der Waals surface area (Å²) >= 11 is 0. The molecule has 1 N–H and O–H groups in total. The molecule has 162 valence electrons. The Labute approximate surface area is 180 Å². The lowest BCUT2D eigenvalue weighted by molar-refractivity contribution is 0.0652. The van der Waals surface area contributed by atoms with Crippen LogP contribution in [0.5, 0.6) is 0 Å². The lowest BCUT2D eigenvalue weighted by Crippen LogP contribution is -2.35. The number of carbonyl (C=O) groups excluding carboxylic acids is 1. The lowest BCUT2D eigenvalue weighted by atomic mass is 10.1. The molecule has 0 saturated heterocycles. The second-order valence-electron chi connectivity index (χ2n) is 7.73. The number of benzene rings is 2. The van der Waals surface area contributed by atoms with Crippen molar-refractivity contribution >= 4 is 21.6 Å². The summed E-state index contributed by atoms with van der Waals surface area (Å²) in [5.74, 6) is 0.125. The number of nitrogens with zero attached hydrogens (tertiary/aromatic N) is 1. The van der Waals surface area contributed by atoms with Gasteiger partial charge in [0.15, 0.2) is 0 Å². The van der Waals surface area contributed by atoms with E-state index in [1.807, 2.05) is 17.9 Å². The third kappa shape index (κ3) is 4.49. The molecule has 1 saturated carbocycles. The van der Waals surface area contributed by atoms with E-state index in [0.717, 1.165) is 24.7 Å². The molecule has 1 aromatic heterocycles. The van der Waals surface area contributed by atoms with Crippen LogP contribution in [0.15, 0.2) is 70.2 Å². The molecule has 8 heteroatoms. The van der Waals surface area contributed by atoms with Crippen molar-refractivity contribution in [1.82, 2.24) is 4.90 Å². The zero-order valence-corrected chi connectivity index (χ0v) is 18.0. The smallest absolute Gasteiger partial charge is 0.261 e. The Kier molecular flexibility index (Phi) is 5.58. The molecule has 31 heavy (non-hydrogen) atoms. The molecule has 3 aromatic rings. The second-order valence-corrected chi connectivity index (χ2v) is 9.41. The van der Waals surface area contributed by atoms with Gasteiger partial charge in [-0.25, -0.2) is 12.8 Å². The number of rotatable bonds is 7. The SMILES string of the molecule is Cc1cc(S(=O)(=O)Nc2ccc(C(=O)N(C3CC3)C(C)c3ccco3)cc2)ccc1F. The molecule has 2 aromatic carbocycles. The first-order valence-electron chi connectivity index (χ1n) is 10.0. The van der Waals surface area contributed by atoms with Gasteiger partial charge in [-0.2, -0.15) is 0 Å². The van der Waals surface area contributed by atoms with Gasteiger partial charge in [0.1, 0.15) is 11.6 Å². The van der Waals surface area contributed by atoms with Crippen LogP contribution in [0.3, 0.4) is 0 Å². The number of aryl methyl sites for hydroxylation is 1. The molecule has 1 heterocycles. The molecule has 1 atom stereocenters. The summed E-state index contributed by atoms with van der Waals surface area (Å²) in [6, 6.07) is 13.5. The number of anilines is 1. The van der Waals surface area contributed by atoms with Crippen molar-refractivity contribution in [3.8, 4) is 0 Å². The predicted octanol–water partition coefficient (Wildman–Crippen LogP) is 4.89. The number of amides is 1. The zero-order valence-electron chi connectivity index (χ0n) is 17.2. The largest absolute Gasteiger partial charge is 0.467 e. The number of hydrogen-bond acceptors (Lipinski definition) is 4. The van der Waals surface area contributed by atoms with E-state index in [1.165, 1.54) is 19.1 Å². The predicted molar refractivity (Wildman–Crippen MR) is 115 cm³/mol. The van der Waals surface area contributed by atoms with E-state index < -0.39 is 15.8 Å². The molecule has 1 aliphatic carbocycles. The van der Waals surface area contributed by atoms with E-state index in [4.69, 9.17) is 4.42 Å². The first-order valence-corrected chi connectivity index (χ1v) is 11.5. The Morgan fingerprint density at radius 3 is 2.45 bits per heavy atom. The molecule has 0 radical (unpaired) electrons. The Bertz CT molecular complexity index is 1190. The van der Waals surface area contributed by atoms with Crippen molar-refractivity contribution in [3.63, 3.8) is 0 Å². The van der Waals surface area contributed by atoms with Gasteiger partial charge in [0.25, 0.3) is 15.9 Å². The van der Waals surface area contributed by atoms with E-state index in [2.05, 4.69) is 4.72 Å². The molecule has 0 spiro atoms. The molecular formula is C23H23FN2O4S. The average Bonchev–Trinajstić information content (AvgIpc) is 3.41. The Morgan fingerprint density at radius 2 is 1.87 bits per heavy atom. The van der Waals surface area contributed by atoms with Gasteiger partial charge < -0.3 is 9.32 Å². The zero-order chi connectivity index (χ0) is 22.2. The van der Waals surface area contributed by atoms with E-state index in [9.17, 15) is 17.6 Å². The average molecular weight is 443 g/mol. The Hall–Kier alpha value is -3.13. The molecule has 0 aliphatic heterocycles. The molecule has 1 unspecified atom stereocenters. The second kappa shape index (κ2) is 8.19. The molecule has 0 bridgehead atoms. The molecule has 6 nitrogen and oxygen atoms in total. The summed E-state index contributed by atoms with van der Waals surface area (Å²) in [4.78, 5) is 15.0. The summed E-state index contributed by atoms with van der Waals surface area (Å²) in [7, 11) is -3.87. The molecule has 4 rings (SSSR count). The Balaban J connectivity index is 1.52. The number of halogens is 1. The fraction of sp³-hybridized carbons (Fsp3) is 0.261. The summed E-state index contributed by atoms with van der Waals surface area (Å²) in [6.45, 7) is 3.44. The standard InChI is InChI=1S/C23H23FN2O4S/c1-15-14-20(11-12-21(15)24)31(28,29)25-18-7-5-17(6-8-18)23(27)26(19-9-10-19)16(2)22-4-3-13-30-22/h3-8,11-14,16,19,25H,9-10H2,1-2H3. The minimum absolute atomic E-state index is 0.0289. The van der Waals surface area contributed by atoms with E-state index in [-0.39, 0.29) is 28.4 Å². The third-order valence-electron chi connectivity index (χ3n) is 5.37. The van der Waals surface area contributed by atoms with Gasteiger partial charge in [0, 0.05) is 17.3 Å². The van der Waals surface area contributed by atoms with Gasteiger partial charge in [0.05, 0.1) is 17.2 Å². The lowest BCUT2D eigenvalue weighted by Gasteiger charge is -2.28. The maximum Gasteiger partial charge on any atom is 0.261 e. The highest BCUT2D eigenvalue weighted by atomic mass is 32.2. The summed E-state index contributed by atoms with van der Waals surface area (Å²) in [6.07, 6.45) is 3.49. The van der Waals surface area contributed by atoms with E-state index in [1.54, 1.807) is 36.6 Å². The Morgan fingerprint density at radius 1 is 1.16 bits per heavy atom. The van der Waals surface area contributed by atoms with Crippen molar-refractivity contribution in [1.29, 1.82) is 0 Å². The van der Waals surface area contributed by atoms with E-state index >= 15 is 0 Å². The van der Waals surface area contributed by atoms with Crippen LogP contribution in [0.25, 0.3) is 0 Å². The first-order chi connectivity index (χ1) is 14.8. The first kappa shape index (κ1) is 21.1. The fourth-order valence-electron chi connectivity index (χ4n) is 3.51. The fourth-order valence-corrected chi connectivity index (χ4v) is 4.65.